The van der Waals surface area contributed by atoms with Crippen LogP contribution in [0.4, 0.5) is 15.9 Å². The second-order valence-corrected chi connectivity index (χ2v) is 11.4. The number of nitrogens with zero attached hydrogens (tertiary/aromatic N) is 3. The SMILES string of the molecule is Cc1c(Nc2ccc(S(C)(=O)=O)cc2F)ncnc1OC1CC2COC[C@@H](C1)N2Cc1ccccc1. The molecule has 2 aliphatic rings. The van der Waals surface area contributed by atoms with Crippen LogP contribution in [0, 0.1) is 12.7 Å². The lowest BCUT2D eigenvalue weighted by atomic mass is 9.91. The third-order valence-electron chi connectivity index (χ3n) is 6.77. The maximum Gasteiger partial charge on any atom is 0.221 e. The number of piperidine rings is 1. The normalized spacial score (nSPS) is 22.2. The van der Waals surface area contributed by atoms with Gasteiger partial charge in [-0.3, -0.25) is 4.90 Å². The van der Waals surface area contributed by atoms with Crippen molar-refractivity contribution < 1.29 is 22.3 Å². The molecule has 2 aromatic carbocycles. The van der Waals surface area contributed by atoms with Gasteiger partial charge >= 0.3 is 0 Å². The minimum Gasteiger partial charge on any atom is -0.474 e. The highest BCUT2D eigenvalue weighted by Gasteiger charge is 2.40. The fraction of sp³-hybridized carbons (Fsp3) is 0.385. The minimum atomic E-state index is -3.50. The van der Waals surface area contributed by atoms with Gasteiger partial charge in [0.15, 0.2) is 9.84 Å². The quantitative estimate of drug-likeness (QED) is 0.510. The Balaban J connectivity index is 1.29. The molecule has 2 unspecified atom stereocenters. The van der Waals surface area contributed by atoms with E-state index in [1.165, 1.54) is 24.0 Å². The summed E-state index contributed by atoms with van der Waals surface area (Å²) in [5.74, 6) is 0.161. The van der Waals surface area contributed by atoms with Crippen molar-refractivity contribution in [1.29, 1.82) is 0 Å². The molecule has 3 heterocycles. The summed E-state index contributed by atoms with van der Waals surface area (Å²) in [5, 5.41) is 2.94. The first-order valence-electron chi connectivity index (χ1n) is 11.9. The fourth-order valence-electron chi connectivity index (χ4n) is 4.88. The Morgan fingerprint density at radius 2 is 1.83 bits per heavy atom. The van der Waals surface area contributed by atoms with Gasteiger partial charge in [-0.15, -0.1) is 0 Å². The van der Waals surface area contributed by atoms with Crippen LogP contribution in [0.15, 0.2) is 59.8 Å². The minimum absolute atomic E-state index is 0.0249. The monoisotopic (exact) mass is 512 g/mol. The third-order valence-corrected chi connectivity index (χ3v) is 7.88. The second kappa shape index (κ2) is 10.1. The standard InChI is InChI=1S/C26H29FN4O4S/c1-17-25(30-24-9-8-22(12-23(24)27)36(2,32)33)28-16-29-26(17)35-21-10-19-14-34-15-20(11-21)31(19)13-18-6-4-3-5-7-18/h3-9,12,16,19-21H,10-11,13-15H2,1-2H3,(H,28,29,30)/t19-,20?,21?/m1/s1. The predicted molar refractivity (Wildman–Crippen MR) is 134 cm³/mol. The van der Waals surface area contributed by atoms with Crippen LogP contribution in [0.1, 0.15) is 24.0 Å². The van der Waals surface area contributed by atoms with Crippen molar-refractivity contribution in [2.75, 3.05) is 24.8 Å². The van der Waals surface area contributed by atoms with Gasteiger partial charge < -0.3 is 14.8 Å². The summed E-state index contributed by atoms with van der Waals surface area (Å²) in [7, 11) is -3.50. The molecule has 10 heteroatoms. The number of nitrogens with one attached hydrogen (secondary N) is 1. The Bertz CT molecular complexity index is 1330. The number of anilines is 2. The molecule has 0 aliphatic carbocycles. The molecule has 2 saturated heterocycles. The molecule has 2 fully saturated rings. The van der Waals surface area contributed by atoms with E-state index in [-0.39, 0.29) is 28.8 Å². The molecular formula is C26H29FN4O4S. The first-order valence-corrected chi connectivity index (χ1v) is 13.8. The van der Waals surface area contributed by atoms with Crippen LogP contribution in [0.5, 0.6) is 5.88 Å². The first-order chi connectivity index (χ1) is 17.3. The fourth-order valence-corrected chi connectivity index (χ4v) is 5.51. The van der Waals surface area contributed by atoms with Crippen LogP contribution >= 0.6 is 0 Å². The lowest BCUT2D eigenvalue weighted by Crippen LogP contribution is -2.58. The number of morpholine rings is 1. The molecular weight excluding hydrogens is 483 g/mol. The van der Waals surface area contributed by atoms with Crippen LogP contribution in [0.2, 0.25) is 0 Å². The van der Waals surface area contributed by atoms with E-state index in [9.17, 15) is 12.8 Å². The van der Waals surface area contributed by atoms with Crippen LogP contribution < -0.4 is 10.1 Å². The smallest absolute Gasteiger partial charge is 0.221 e. The van der Waals surface area contributed by atoms with Gasteiger partial charge in [-0.1, -0.05) is 30.3 Å². The summed E-state index contributed by atoms with van der Waals surface area (Å²) < 4.78 is 50.2. The van der Waals surface area contributed by atoms with Crippen LogP contribution in [0.25, 0.3) is 0 Å². The Labute approximate surface area is 210 Å². The molecule has 3 atom stereocenters. The molecule has 5 rings (SSSR count). The highest BCUT2D eigenvalue weighted by Crippen LogP contribution is 2.33. The number of sulfone groups is 1. The van der Waals surface area contributed by atoms with E-state index in [4.69, 9.17) is 9.47 Å². The molecule has 2 aliphatic heterocycles. The van der Waals surface area contributed by atoms with Gasteiger partial charge in [0, 0.05) is 37.7 Å². The zero-order valence-corrected chi connectivity index (χ0v) is 21.0. The van der Waals surface area contributed by atoms with E-state index in [0.717, 1.165) is 31.7 Å². The van der Waals surface area contributed by atoms with Crippen molar-refractivity contribution in [3.05, 3.63) is 71.8 Å². The number of rotatable bonds is 7. The van der Waals surface area contributed by atoms with Gasteiger partial charge in [-0.2, -0.15) is 0 Å². The summed E-state index contributed by atoms with van der Waals surface area (Å²) in [6.07, 6.45) is 4.03. The molecule has 0 amide bonds. The van der Waals surface area contributed by atoms with Crippen molar-refractivity contribution in [3.8, 4) is 5.88 Å². The predicted octanol–water partition coefficient (Wildman–Crippen LogP) is 3.88. The molecule has 1 aromatic heterocycles. The molecule has 190 valence electrons. The lowest BCUT2D eigenvalue weighted by Gasteiger charge is -2.48. The zero-order valence-electron chi connectivity index (χ0n) is 20.2. The maximum atomic E-state index is 14.6. The zero-order chi connectivity index (χ0) is 25.3. The average Bonchev–Trinajstić information content (AvgIpc) is 2.83. The topological polar surface area (TPSA) is 93.7 Å². The molecule has 3 aromatic rings. The number of ether oxygens (including phenoxy) is 2. The van der Waals surface area contributed by atoms with E-state index >= 15 is 0 Å². The number of halogens is 1. The molecule has 8 nitrogen and oxygen atoms in total. The number of hydrogen-bond acceptors (Lipinski definition) is 8. The highest BCUT2D eigenvalue weighted by atomic mass is 32.2. The summed E-state index contributed by atoms with van der Waals surface area (Å²) in [6.45, 7) is 4.04. The second-order valence-electron chi connectivity index (χ2n) is 9.41. The third kappa shape index (κ3) is 5.35. The number of fused-ring (bicyclic) bond motifs is 2. The number of aromatic nitrogens is 2. The van der Waals surface area contributed by atoms with Gasteiger partial charge in [0.05, 0.1) is 29.4 Å². The van der Waals surface area contributed by atoms with E-state index in [1.807, 2.05) is 13.0 Å². The summed E-state index contributed by atoms with van der Waals surface area (Å²) >= 11 is 0. The molecule has 2 bridgehead atoms. The lowest BCUT2D eigenvalue weighted by molar-refractivity contribution is -0.104. The van der Waals surface area contributed by atoms with Crippen LogP contribution in [-0.2, 0) is 21.1 Å². The van der Waals surface area contributed by atoms with E-state index in [2.05, 4.69) is 44.5 Å². The van der Waals surface area contributed by atoms with Gasteiger partial charge in [0.2, 0.25) is 5.88 Å². The molecule has 0 spiro atoms. The van der Waals surface area contributed by atoms with Crippen molar-refractivity contribution in [2.45, 2.75) is 49.4 Å². The van der Waals surface area contributed by atoms with Crippen molar-refractivity contribution >= 4 is 21.3 Å². The highest BCUT2D eigenvalue weighted by molar-refractivity contribution is 7.90. The maximum absolute atomic E-state index is 14.6. The van der Waals surface area contributed by atoms with Gasteiger partial charge in [0.1, 0.15) is 24.1 Å². The summed E-state index contributed by atoms with van der Waals surface area (Å²) in [5.41, 5.74) is 2.06. The van der Waals surface area contributed by atoms with E-state index in [0.29, 0.717) is 30.5 Å². The largest absolute Gasteiger partial charge is 0.474 e. The Hall–Kier alpha value is -3.08. The van der Waals surface area contributed by atoms with Crippen LogP contribution in [0.3, 0.4) is 0 Å². The first kappa shape index (κ1) is 24.6. The van der Waals surface area contributed by atoms with Gasteiger partial charge in [-0.25, -0.2) is 22.8 Å². The Kier molecular flexibility index (Phi) is 6.92. The summed E-state index contributed by atoms with van der Waals surface area (Å²) in [4.78, 5) is 11.0. The average molecular weight is 513 g/mol. The van der Waals surface area contributed by atoms with Crippen LogP contribution in [-0.4, -0.2) is 60.9 Å². The number of benzene rings is 2. The van der Waals surface area contributed by atoms with Gasteiger partial charge in [-0.05, 0) is 30.7 Å². The summed E-state index contributed by atoms with van der Waals surface area (Å²) in [6, 6.07) is 14.7. The van der Waals surface area contributed by atoms with Crippen molar-refractivity contribution in [2.24, 2.45) is 0 Å². The van der Waals surface area contributed by atoms with Gasteiger partial charge in [0.25, 0.3) is 0 Å². The van der Waals surface area contributed by atoms with Crippen molar-refractivity contribution in [1.82, 2.24) is 14.9 Å². The number of hydrogen-bond donors (Lipinski definition) is 1. The molecule has 0 saturated carbocycles. The van der Waals surface area contributed by atoms with E-state index in [1.54, 1.807) is 0 Å². The molecule has 1 N–H and O–H groups in total. The Morgan fingerprint density at radius 3 is 2.50 bits per heavy atom. The van der Waals surface area contributed by atoms with Crippen molar-refractivity contribution in [3.63, 3.8) is 0 Å². The molecule has 36 heavy (non-hydrogen) atoms. The molecule has 0 radical (unpaired) electrons. The Morgan fingerprint density at radius 1 is 1.11 bits per heavy atom. The van der Waals surface area contributed by atoms with E-state index < -0.39 is 15.7 Å².